The van der Waals surface area contributed by atoms with Crippen LogP contribution >= 0.6 is 0 Å². The zero-order valence-electron chi connectivity index (χ0n) is 14.7. The van der Waals surface area contributed by atoms with Gasteiger partial charge in [-0.1, -0.05) is 24.1 Å². The highest BCUT2D eigenvalue weighted by atomic mass is 16.5. The van der Waals surface area contributed by atoms with E-state index in [0.717, 1.165) is 5.56 Å². The summed E-state index contributed by atoms with van der Waals surface area (Å²) in [5, 5.41) is 5.24. The van der Waals surface area contributed by atoms with Crippen LogP contribution < -0.4 is 20.1 Å². The van der Waals surface area contributed by atoms with Crippen LogP contribution in [0.3, 0.4) is 0 Å². The van der Waals surface area contributed by atoms with Crippen molar-refractivity contribution in [1.29, 1.82) is 0 Å². The summed E-state index contributed by atoms with van der Waals surface area (Å²) in [5.74, 6) is 2.59. The molecule has 26 heavy (non-hydrogen) atoms. The minimum absolute atomic E-state index is 0.109. The van der Waals surface area contributed by atoms with Crippen molar-refractivity contribution in [3.8, 4) is 23.8 Å². The van der Waals surface area contributed by atoms with E-state index in [1.165, 1.54) is 7.11 Å². The molecular formula is C20H20N2O4. The Kier molecular flexibility index (Phi) is 6.63. The summed E-state index contributed by atoms with van der Waals surface area (Å²) in [7, 11) is 1.53. The van der Waals surface area contributed by atoms with Crippen LogP contribution in [0.1, 0.15) is 15.9 Å². The highest BCUT2D eigenvalue weighted by Crippen LogP contribution is 2.27. The van der Waals surface area contributed by atoms with Crippen LogP contribution in [-0.2, 0) is 4.79 Å². The van der Waals surface area contributed by atoms with Crippen molar-refractivity contribution >= 4 is 17.5 Å². The molecule has 2 amide bonds. The largest absolute Gasteiger partial charge is 0.493 e. The van der Waals surface area contributed by atoms with Gasteiger partial charge in [-0.05, 0) is 36.8 Å². The fraction of sp³-hybridized carbons (Fsp3) is 0.200. The summed E-state index contributed by atoms with van der Waals surface area (Å²) < 4.78 is 10.8. The number of anilines is 1. The van der Waals surface area contributed by atoms with Crippen LogP contribution in [0.2, 0.25) is 0 Å². The van der Waals surface area contributed by atoms with Gasteiger partial charge >= 0.3 is 0 Å². The molecule has 0 radical (unpaired) electrons. The Balaban J connectivity index is 2.03. The molecule has 0 bridgehead atoms. The molecule has 2 aromatic carbocycles. The van der Waals surface area contributed by atoms with Crippen LogP contribution in [0.15, 0.2) is 42.5 Å². The number of hydrogen-bond donors (Lipinski definition) is 2. The van der Waals surface area contributed by atoms with Crippen LogP contribution in [0, 0.1) is 19.3 Å². The first-order valence-electron chi connectivity index (χ1n) is 7.93. The molecule has 0 spiro atoms. The molecule has 0 aromatic heterocycles. The van der Waals surface area contributed by atoms with Gasteiger partial charge in [-0.25, -0.2) is 0 Å². The predicted molar refractivity (Wildman–Crippen MR) is 99.5 cm³/mol. The zero-order chi connectivity index (χ0) is 18.9. The molecule has 6 heteroatoms. The molecule has 0 saturated carbocycles. The first-order chi connectivity index (χ1) is 12.5. The number of nitrogens with one attached hydrogen (secondary N) is 2. The second kappa shape index (κ2) is 9.14. The molecule has 2 aromatic rings. The summed E-state index contributed by atoms with van der Waals surface area (Å²) in [6.07, 6.45) is 5.14. The topological polar surface area (TPSA) is 76.7 Å². The smallest absolute Gasteiger partial charge is 0.262 e. The van der Waals surface area contributed by atoms with E-state index >= 15 is 0 Å². The molecule has 6 nitrogen and oxygen atoms in total. The number of para-hydroxylation sites is 1. The first kappa shape index (κ1) is 18.9. The van der Waals surface area contributed by atoms with Gasteiger partial charge in [0.05, 0.1) is 24.9 Å². The molecule has 134 valence electrons. The Morgan fingerprint density at radius 3 is 2.65 bits per heavy atom. The molecule has 0 unspecified atom stereocenters. The van der Waals surface area contributed by atoms with E-state index in [1.54, 1.807) is 30.3 Å². The van der Waals surface area contributed by atoms with Gasteiger partial charge < -0.3 is 20.1 Å². The molecular weight excluding hydrogens is 332 g/mol. The summed E-state index contributed by atoms with van der Waals surface area (Å²) >= 11 is 0. The number of ether oxygens (including phenoxy) is 2. The van der Waals surface area contributed by atoms with Gasteiger partial charge in [-0.15, -0.1) is 6.42 Å². The number of carbonyl (C=O) groups excluding carboxylic acids is 2. The summed E-state index contributed by atoms with van der Waals surface area (Å²) in [5.41, 5.74) is 1.72. The number of carbonyl (C=O) groups is 2. The molecule has 0 atom stereocenters. The Labute approximate surface area is 152 Å². The van der Waals surface area contributed by atoms with Crippen molar-refractivity contribution in [2.75, 3.05) is 25.6 Å². The van der Waals surface area contributed by atoms with Crippen LogP contribution in [-0.4, -0.2) is 32.1 Å². The number of rotatable bonds is 7. The third-order valence-electron chi connectivity index (χ3n) is 3.47. The summed E-state index contributed by atoms with van der Waals surface area (Å²) in [6.45, 7) is 1.82. The van der Waals surface area contributed by atoms with Crippen molar-refractivity contribution in [1.82, 2.24) is 5.32 Å². The van der Waals surface area contributed by atoms with Crippen LogP contribution in [0.25, 0.3) is 0 Å². The molecule has 0 saturated heterocycles. The Hall–Kier alpha value is -3.46. The lowest BCUT2D eigenvalue weighted by molar-refractivity contribution is -0.118. The van der Waals surface area contributed by atoms with E-state index in [2.05, 4.69) is 16.6 Å². The third kappa shape index (κ3) is 5.02. The number of methoxy groups -OCH3 is 1. The van der Waals surface area contributed by atoms with Crippen molar-refractivity contribution in [3.05, 3.63) is 53.6 Å². The Bertz CT molecular complexity index is 840. The van der Waals surface area contributed by atoms with E-state index in [1.807, 2.05) is 19.1 Å². The van der Waals surface area contributed by atoms with E-state index in [-0.39, 0.29) is 19.1 Å². The summed E-state index contributed by atoms with van der Waals surface area (Å²) in [6, 6.07) is 12.1. The molecule has 2 N–H and O–H groups in total. The lowest BCUT2D eigenvalue weighted by Gasteiger charge is -2.13. The van der Waals surface area contributed by atoms with Gasteiger partial charge in [0.25, 0.3) is 11.8 Å². The lowest BCUT2D eigenvalue weighted by Crippen LogP contribution is -2.26. The summed E-state index contributed by atoms with van der Waals surface area (Å²) in [4.78, 5) is 24.3. The van der Waals surface area contributed by atoms with Crippen molar-refractivity contribution in [2.45, 2.75) is 6.92 Å². The average molecular weight is 352 g/mol. The maximum Gasteiger partial charge on any atom is 0.262 e. The van der Waals surface area contributed by atoms with Gasteiger partial charge in [-0.3, -0.25) is 9.59 Å². The monoisotopic (exact) mass is 352 g/mol. The fourth-order valence-corrected chi connectivity index (χ4v) is 2.24. The highest BCUT2D eigenvalue weighted by Gasteiger charge is 2.13. The number of benzene rings is 2. The van der Waals surface area contributed by atoms with E-state index in [9.17, 15) is 9.59 Å². The minimum atomic E-state index is -0.398. The lowest BCUT2D eigenvalue weighted by atomic mass is 10.1. The van der Waals surface area contributed by atoms with Crippen molar-refractivity contribution in [2.24, 2.45) is 0 Å². The van der Waals surface area contributed by atoms with Gasteiger partial charge in [0.15, 0.2) is 18.1 Å². The van der Waals surface area contributed by atoms with Gasteiger partial charge in [0, 0.05) is 0 Å². The third-order valence-corrected chi connectivity index (χ3v) is 3.47. The number of amides is 2. The standard InChI is InChI=1S/C20H20N2O4/c1-4-11-21-20(24)15-7-5-6-8-16(15)22-19(23)13-26-17-10-9-14(2)12-18(17)25-3/h1,5-10,12H,11,13H2,2-3H3,(H,21,24)(H,22,23). The number of aryl methyl sites for hydroxylation is 1. The first-order valence-corrected chi connectivity index (χ1v) is 7.93. The van der Waals surface area contributed by atoms with Gasteiger partial charge in [0.1, 0.15) is 0 Å². The van der Waals surface area contributed by atoms with Crippen molar-refractivity contribution < 1.29 is 19.1 Å². The second-order valence-electron chi connectivity index (χ2n) is 5.42. The Morgan fingerprint density at radius 2 is 1.92 bits per heavy atom. The highest BCUT2D eigenvalue weighted by molar-refractivity contribution is 6.04. The average Bonchev–Trinajstić information content (AvgIpc) is 2.65. The van der Waals surface area contributed by atoms with Gasteiger partial charge in [0.2, 0.25) is 0 Å². The van der Waals surface area contributed by atoms with E-state index in [4.69, 9.17) is 15.9 Å². The van der Waals surface area contributed by atoms with Gasteiger partial charge in [-0.2, -0.15) is 0 Å². The van der Waals surface area contributed by atoms with Crippen molar-refractivity contribution in [3.63, 3.8) is 0 Å². The Morgan fingerprint density at radius 1 is 1.15 bits per heavy atom. The normalized spacial score (nSPS) is 9.73. The SMILES string of the molecule is C#CCNC(=O)c1ccccc1NC(=O)COc1ccc(C)cc1OC. The van der Waals surface area contributed by atoms with E-state index in [0.29, 0.717) is 22.7 Å². The quantitative estimate of drug-likeness (QED) is 0.750. The molecule has 0 fully saturated rings. The maximum absolute atomic E-state index is 12.2. The van der Waals surface area contributed by atoms with Crippen LogP contribution in [0.5, 0.6) is 11.5 Å². The molecule has 0 aliphatic carbocycles. The number of terminal acetylenes is 1. The molecule has 2 rings (SSSR count). The molecule has 0 aliphatic heterocycles. The van der Waals surface area contributed by atoms with E-state index < -0.39 is 5.91 Å². The maximum atomic E-state index is 12.2. The fourth-order valence-electron chi connectivity index (χ4n) is 2.24. The number of hydrogen-bond acceptors (Lipinski definition) is 4. The predicted octanol–water partition coefficient (Wildman–Crippen LogP) is 2.38. The zero-order valence-corrected chi connectivity index (χ0v) is 14.7. The molecule has 0 heterocycles. The minimum Gasteiger partial charge on any atom is -0.493 e. The van der Waals surface area contributed by atoms with Crippen LogP contribution in [0.4, 0.5) is 5.69 Å². The second-order valence-corrected chi connectivity index (χ2v) is 5.42. The molecule has 0 aliphatic rings.